The largest absolute Gasteiger partial charge is 0.478 e. The predicted molar refractivity (Wildman–Crippen MR) is 69.6 cm³/mol. The number of nitrogens with zero attached hydrogens (tertiary/aromatic N) is 1. The zero-order valence-corrected chi connectivity index (χ0v) is 10.8. The third-order valence-corrected chi connectivity index (χ3v) is 3.10. The molecule has 0 bridgehead atoms. The first-order valence-corrected chi connectivity index (χ1v) is 6.13. The van der Waals surface area contributed by atoms with Gasteiger partial charge < -0.3 is 20.1 Å². The van der Waals surface area contributed by atoms with Gasteiger partial charge in [0.05, 0.1) is 18.3 Å². The Morgan fingerprint density at radius 2 is 2.24 bits per heavy atom. The van der Waals surface area contributed by atoms with Crippen molar-refractivity contribution in [1.29, 1.82) is 0 Å². The lowest BCUT2D eigenvalue weighted by atomic mass is 10.2. The van der Waals surface area contributed by atoms with Crippen LogP contribution in [0.5, 0.6) is 0 Å². The van der Waals surface area contributed by atoms with Gasteiger partial charge in [0.25, 0.3) is 5.56 Å². The Balaban J connectivity index is 2.37. The minimum Gasteiger partial charge on any atom is -0.478 e. The van der Waals surface area contributed by atoms with Crippen molar-refractivity contribution in [1.82, 2.24) is 9.55 Å². The van der Waals surface area contributed by atoms with Crippen LogP contribution in [-0.2, 0) is 9.53 Å². The quantitative estimate of drug-likeness (QED) is 0.484. The number of aromatic nitrogens is 2. The molecule has 0 saturated carbocycles. The van der Waals surface area contributed by atoms with E-state index in [0.717, 1.165) is 22.9 Å². The number of ether oxygens (including phenoxy) is 1. The molecule has 4 N–H and O–H groups in total. The number of aliphatic hydroxyl groups excluding tert-OH is 2. The number of carboxylic acids is 1. The van der Waals surface area contributed by atoms with Crippen molar-refractivity contribution in [2.75, 3.05) is 6.61 Å². The molecule has 0 aromatic carbocycles. The van der Waals surface area contributed by atoms with Gasteiger partial charge in [-0.3, -0.25) is 14.3 Å². The summed E-state index contributed by atoms with van der Waals surface area (Å²) in [6.45, 7) is -0.401. The monoisotopic (exact) mass is 298 g/mol. The minimum absolute atomic E-state index is 0.0393. The van der Waals surface area contributed by atoms with Crippen LogP contribution >= 0.6 is 0 Å². The van der Waals surface area contributed by atoms with E-state index in [1.807, 2.05) is 4.98 Å². The van der Waals surface area contributed by atoms with E-state index in [4.69, 9.17) is 14.9 Å². The first kappa shape index (κ1) is 15.2. The van der Waals surface area contributed by atoms with Crippen LogP contribution in [0.4, 0.5) is 0 Å². The molecule has 0 aliphatic carbocycles. The smallest absolute Gasteiger partial charge is 0.330 e. The third kappa shape index (κ3) is 3.27. The van der Waals surface area contributed by atoms with Crippen LogP contribution < -0.4 is 11.2 Å². The lowest BCUT2D eigenvalue weighted by Crippen LogP contribution is -2.33. The molecule has 1 aromatic rings. The molecule has 3 atom stereocenters. The summed E-state index contributed by atoms with van der Waals surface area (Å²) in [6, 6.07) is 0. The van der Waals surface area contributed by atoms with E-state index >= 15 is 0 Å². The Labute approximate surface area is 117 Å². The maximum absolute atomic E-state index is 11.8. The molecule has 0 amide bonds. The average Bonchev–Trinajstić information content (AvgIpc) is 2.78. The van der Waals surface area contributed by atoms with Crippen LogP contribution in [0.3, 0.4) is 0 Å². The number of aliphatic carboxylic acids is 1. The molecule has 2 rings (SSSR count). The zero-order chi connectivity index (χ0) is 15.6. The standard InChI is InChI=1S/C12H14N2O7/c15-5-8-7(16)3-9(21-8)14-4-6(1-2-10(17)18)11(19)13-12(14)20/h1-2,4,7-9,15-16H,3,5H2,(H,17,18)(H,13,19,20)/b2-1+/t7-,8+,9+/m0/s1. The minimum atomic E-state index is -1.24. The second-order valence-electron chi connectivity index (χ2n) is 4.54. The summed E-state index contributed by atoms with van der Waals surface area (Å²) in [7, 11) is 0. The molecule has 1 aliphatic rings. The highest BCUT2D eigenvalue weighted by Gasteiger charge is 2.35. The molecule has 1 fully saturated rings. The summed E-state index contributed by atoms with van der Waals surface area (Å²) in [6.07, 6.45) is 0.436. The van der Waals surface area contributed by atoms with E-state index in [0.29, 0.717) is 0 Å². The zero-order valence-electron chi connectivity index (χ0n) is 10.8. The normalized spacial score (nSPS) is 25.5. The molecule has 0 spiro atoms. The lowest BCUT2D eigenvalue weighted by Gasteiger charge is -2.14. The molecule has 0 unspecified atom stereocenters. The van der Waals surface area contributed by atoms with E-state index in [2.05, 4.69) is 0 Å². The summed E-state index contributed by atoms with van der Waals surface area (Å²) in [5.74, 6) is -1.24. The number of hydrogen-bond acceptors (Lipinski definition) is 6. The average molecular weight is 298 g/mol. The number of H-pyrrole nitrogens is 1. The summed E-state index contributed by atoms with van der Waals surface area (Å²) in [4.78, 5) is 35.8. The highest BCUT2D eigenvalue weighted by Crippen LogP contribution is 2.27. The molecule has 9 nitrogen and oxygen atoms in total. The fraction of sp³-hybridized carbons (Fsp3) is 0.417. The first-order valence-electron chi connectivity index (χ1n) is 6.13. The molecular formula is C12H14N2O7. The van der Waals surface area contributed by atoms with E-state index < -0.39 is 42.3 Å². The third-order valence-electron chi connectivity index (χ3n) is 3.10. The van der Waals surface area contributed by atoms with Crippen molar-refractivity contribution in [3.05, 3.63) is 38.7 Å². The number of nitrogens with one attached hydrogen (secondary N) is 1. The molecule has 1 saturated heterocycles. The van der Waals surface area contributed by atoms with Gasteiger partial charge in [0, 0.05) is 18.7 Å². The van der Waals surface area contributed by atoms with Crippen LogP contribution in [0.2, 0.25) is 0 Å². The van der Waals surface area contributed by atoms with Gasteiger partial charge in [-0.15, -0.1) is 0 Å². The number of aromatic amines is 1. The SMILES string of the molecule is O=C(O)/C=C/c1cn([C@H]2C[C@H](O)[C@@H](CO)O2)c(=O)[nH]c1=O. The Hall–Kier alpha value is -2.23. The van der Waals surface area contributed by atoms with Gasteiger partial charge in [0.1, 0.15) is 12.3 Å². The van der Waals surface area contributed by atoms with Crippen LogP contribution in [0, 0.1) is 0 Å². The molecule has 21 heavy (non-hydrogen) atoms. The van der Waals surface area contributed by atoms with E-state index in [-0.39, 0.29) is 12.0 Å². The van der Waals surface area contributed by atoms with Gasteiger partial charge >= 0.3 is 11.7 Å². The number of carbonyl (C=O) groups is 1. The van der Waals surface area contributed by atoms with Gasteiger partial charge in [-0.05, 0) is 6.08 Å². The van der Waals surface area contributed by atoms with Gasteiger partial charge in [0.2, 0.25) is 0 Å². The number of rotatable bonds is 4. The summed E-state index contributed by atoms with van der Waals surface area (Å²) < 4.78 is 6.35. The van der Waals surface area contributed by atoms with Crippen molar-refractivity contribution in [2.24, 2.45) is 0 Å². The van der Waals surface area contributed by atoms with Crippen molar-refractivity contribution in [3.63, 3.8) is 0 Å². The second kappa shape index (κ2) is 6.04. The van der Waals surface area contributed by atoms with Gasteiger partial charge in [-0.25, -0.2) is 9.59 Å². The lowest BCUT2D eigenvalue weighted by molar-refractivity contribution is -0.131. The Kier molecular flexibility index (Phi) is 4.36. The summed E-state index contributed by atoms with van der Waals surface area (Å²) in [5, 5.41) is 27.2. The van der Waals surface area contributed by atoms with Crippen molar-refractivity contribution in [3.8, 4) is 0 Å². The van der Waals surface area contributed by atoms with Gasteiger partial charge in [-0.2, -0.15) is 0 Å². The number of carboxylic acid groups (broad SMARTS) is 1. The van der Waals surface area contributed by atoms with Crippen LogP contribution in [0.15, 0.2) is 21.9 Å². The topological polar surface area (TPSA) is 142 Å². The summed E-state index contributed by atoms with van der Waals surface area (Å²) >= 11 is 0. The van der Waals surface area contributed by atoms with E-state index in [1.165, 1.54) is 0 Å². The Bertz CT molecular complexity index is 675. The maximum Gasteiger partial charge on any atom is 0.330 e. The molecule has 1 aliphatic heterocycles. The fourth-order valence-corrected chi connectivity index (χ4v) is 2.04. The van der Waals surface area contributed by atoms with Gasteiger partial charge in [0.15, 0.2) is 0 Å². The highest BCUT2D eigenvalue weighted by atomic mass is 16.5. The molecule has 0 radical (unpaired) electrons. The van der Waals surface area contributed by atoms with Crippen molar-refractivity contribution in [2.45, 2.75) is 24.9 Å². The Morgan fingerprint density at radius 3 is 2.81 bits per heavy atom. The first-order chi connectivity index (χ1) is 9.92. The van der Waals surface area contributed by atoms with Crippen molar-refractivity contribution >= 4 is 12.0 Å². The maximum atomic E-state index is 11.8. The molecule has 1 aromatic heterocycles. The van der Waals surface area contributed by atoms with Crippen LogP contribution in [-0.4, -0.2) is 49.7 Å². The number of hydrogen-bond donors (Lipinski definition) is 4. The van der Waals surface area contributed by atoms with E-state index in [1.54, 1.807) is 0 Å². The molecule has 9 heteroatoms. The Morgan fingerprint density at radius 1 is 1.52 bits per heavy atom. The van der Waals surface area contributed by atoms with Crippen LogP contribution in [0.25, 0.3) is 6.08 Å². The summed E-state index contributed by atoms with van der Waals surface area (Å²) in [5.41, 5.74) is -1.52. The van der Waals surface area contributed by atoms with Gasteiger partial charge in [-0.1, -0.05) is 0 Å². The van der Waals surface area contributed by atoms with Crippen molar-refractivity contribution < 1.29 is 24.9 Å². The van der Waals surface area contributed by atoms with E-state index in [9.17, 15) is 19.5 Å². The second-order valence-corrected chi connectivity index (χ2v) is 4.54. The number of aliphatic hydroxyl groups is 2. The van der Waals surface area contributed by atoms with Crippen LogP contribution in [0.1, 0.15) is 18.2 Å². The molecule has 114 valence electrons. The molecule has 2 heterocycles. The molecular weight excluding hydrogens is 284 g/mol. The predicted octanol–water partition coefficient (Wildman–Crippen LogP) is -1.72. The highest BCUT2D eigenvalue weighted by molar-refractivity contribution is 5.85. The fourth-order valence-electron chi connectivity index (χ4n) is 2.04.